The SMILES string of the molecule is Cc1nc2cnc3ccc(-c4ccsc4)cc3c2n1-c1ccc(CC#N)cc1Cl.Cc1nc2cnc3ccc(-c4ccsc4)cc3c2n1-c1ccc(CC#N)cc1Cl. The maximum absolute atomic E-state index is 8.96. The predicted octanol–water partition coefficient (Wildman–Crippen LogP) is 12.7. The molecule has 0 N–H and O–H groups in total. The first-order chi connectivity index (χ1) is 28.3. The summed E-state index contributed by atoms with van der Waals surface area (Å²) in [7, 11) is 0. The van der Waals surface area contributed by atoms with Crippen molar-refractivity contribution in [1.29, 1.82) is 10.5 Å². The Morgan fingerprint density at radius 2 is 1.00 bits per heavy atom. The lowest BCUT2D eigenvalue weighted by molar-refractivity contribution is 1.00. The Morgan fingerprint density at radius 3 is 1.38 bits per heavy atom. The molecule has 10 rings (SSSR count). The first-order valence-corrected chi connectivity index (χ1v) is 20.9. The Labute approximate surface area is 351 Å². The molecule has 12 heteroatoms. The number of aryl methyl sites for hydroxylation is 2. The number of thiophene rings is 2. The van der Waals surface area contributed by atoms with Crippen molar-refractivity contribution in [3.05, 3.63) is 152 Å². The molecule has 0 radical (unpaired) electrons. The van der Waals surface area contributed by atoms with E-state index in [1.165, 1.54) is 11.1 Å². The van der Waals surface area contributed by atoms with Crippen LogP contribution in [0.25, 0.3) is 77.5 Å². The van der Waals surface area contributed by atoms with Gasteiger partial charge in [0.2, 0.25) is 0 Å². The summed E-state index contributed by atoms with van der Waals surface area (Å²) in [5.74, 6) is 1.68. The van der Waals surface area contributed by atoms with E-state index in [-0.39, 0.29) is 0 Å². The lowest BCUT2D eigenvalue weighted by Gasteiger charge is -2.12. The van der Waals surface area contributed by atoms with Crippen LogP contribution in [0.3, 0.4) is 0 Å². The van der Waals surface area contributed by atoms with Crippen LogP contribution in [0.15, 0.2) is 119 Å². The zero-order valence-electron chi connectivity index (χ0n) is 31.1. The average molecular weight is 830 g/mol. The van der Waals surface area contributed by atoms with Crippen LogP contribution in [0.5, 0.6) is 0 Å². The molecule has 0 saturated carbocycles. The monoisotopic (exact) mass is 828 g/mol. The highest BCUT2D eigenvalue weighted by Crippen LogP contribution is 2.36. The zero-order chi connectivity index (χ0) is 39.9. The fourth-order valence-corrected chi connectivity index (χ4v) is 9.32. The topological polar surface area (TPSA) is 109 Å². The van der Waals surface area contributed by atoms with Crippen LogP contribution >= 0.6 is 45.9 Å². The molecule has 10 aromatic rings. The van der Waals surface area contributed by atoms with Gasteiger partial charge in [-0.2, -0.15) is 33.2 Å². The van der Waals surface area contributed by atoms with E-state index in [0.717, 1.165) is 89.2 Å². The molecule has 6 aromatic heterocycles. The minimum atomic E-state index is 0.334. The van der Waals surface area contributed by atoms with Gasteiger partial charge in [0.05, 0.1) is 80.9 Å². The highest BCUT2D eigenvalue weighted by atomic mass is 35.5. The number of aromatic nitrogens is 6. The third kappa shape index (κ3) is 6.76. The molecule has 8 nitrogen and oxygen atoms in total. The second-order valence-corrected chi connectivity index (χ2v) is 16.1. The molecule has 0 aliphatic rings. The van der Waals surface area contributed by atoms with E-state index in [4.69, 9.17) is 43.7 Å². The van der Waals surface area contributed by atoms with Crippen molar-refractivity contribution in [2.45, 2.75) is 26.7 Å². The first kappa shape index (κ1) is 37.2. The number of nitriles is 2. The fourth-order valence-electron chi connectivity index (χ4n) is 7.41. The van der Waals surface area contributed by atoms with Gasteiger partial charge in [0.25, 0.3) is 0 Å². The summed E-state index contributed by atoms with van der Waals surface area (Å²) in [5, 5.41) is 29.6. The van der Waals surface area contributed by atoms with Gasteiger partial charge >= 0.3 is 0 Å². The van der Waals surface area contributed by atoms with Crippen LogP contribution in [0.1, 0.15) is 22.8 Å². The lowest BCUT2D eigenvalue weighted by atomic mass is 10.1. The van der Waals surface area contributed by atoms with Gasteiger partial charge < -0.3 is 0 Å². The molecule has 0 bridgehead atoms. The summed E-state index contributed by atoms with van der Waals surface area (Å²) in [4.78, 5) is 18.6. The number of imidazole rings is 2. The highest BCUT2D eigenvalue weighted by Gasteiger charge is 2.18. The van der Waals surface area contributed by atoms with Gasteiger partial charge in [0.1, 0.15) is 22.7 Å². The second-order valence-electron chi connectivity index (χ2n) is 13.7. The molecule has 0 spiro atoms. The van der Waals surface area contributed by atoms with Gasteiger partial charge in [-0.3, -0.25) is 19.1 Å². The van der Waals surface area contributed by atoms with E-state index < -0.39 is 0 Å². The van der Waals surface area contributed by atoms with Crippen LogP contribution in [-0.4, -0.2) is 29.1 Å². The maximum Gasteiger partial charge on any atom is 0.111 e. The van der Waals surface area contributed by atoms with E-state index in [9.17, 15) is 0 Å². The van der Waals surface area contributed by atoms with Crippen LogP contribution in [0.4, 0.5) is 0 Å². The predicted molar refractivity (Wildman–Crippen MR) is 237 cm³/mol. The van der Waals surface area contributed by atoms with Crippen molar-refractivity contribution in [3.8, 4) is 45.8 Å². The van der Waals surface area contributed by atoms with E-state index in [1.54, 1.807) is 22.7 Å². The fraction of sp³-hybridized carbons (Fsp3) is 0.0870. The minimum absolute atomic E-state index is 0.334. The maximum atomic E-state index is 8.96. The van der Waals surface area contributed by atoms with E-state index in [1.807, 2.05) is 74.8 Å². The van der Waals surface area contributed by atoms with Crippen LogP contribution < -0.4 is 0 Å². The van der Waals surface area contributed by atoms with Gasteiger partial charge in [-0.15, -0.1) is 0 Å². The molecule has 0 amide bonds. The average Bonchev–Trinajstić information content (AvgIpc) is 4.06. The van der Waals surface area contributed by atoms with Crippen molar-refractivity contribution >= 4 is 89.7 Å². The zero-order valence-corrected chi connectivity index (χ0v) is 34.3. The summed E-state index contributed by atoms with van der Waals surface area (Å²) >= 11 is 16.6. The molecule has 0 fully saturated rings. The number of rotatable bonds is 6. The molecule has 58 heavy (non-hydrogen) atoms. The number of hydrogen-bond acceptors (Lipinski definition) is 8. The summed E-state index contributed by atoms with van der Waals surface area (Å²) in [6, 6.07) is 32.7. The molecule has 0 atom stereocenters. The second kappa shape index (κ2) is 15.5. The van der Waals surface area contributed by atoms with Crippen molar-refractivity contribution in [2.75, 3.05) is 0 Å². The van der Waals surface area contributed by atoms with Crippen LogP contribution in [-0.2, 0) is 12.8 Å². The third-order valence-electron chi connectivity index (χ3n) is 10.1. The Kier molecular flexibility index (Phi) is 9.94. The highest BCUT2D eigenvalue weighted by molar-refractivity contribution is 7.08. The van der Waals surface area contributed by atoms with Crippen molar-refractivity contribution in [3.63, 3.8) is 0 Å². The van der Waals surface area contributed by atoms with Gasteiger partial charge in [0.15, 0.2) is 0 Å². The molecular formula is C46H30Cl2N8S2. The van der Waals surface area contributed by atoms with Gasteiger partial charge in [0, 0.05) is 10.8 Å². The van der Waals surface area contributed by atoms with E-state index in [2.05, 4.69) is 89.2 Å². The Hall–Kier alpha value is -6.40. The molecule has 0 aliphatic carbocycles. The van der Waals surface area contributed by atoms with Crippen molar-refractivity contribution < 1.29 is 0 Å². The number of fused-ring (bicyclic) bond motifs is 6. The van der Waals surface area contributed by atoms with Crippen LogP contribution in [0, 0.1) is 36.5 Å². The van der Waals surface area contributed by atoms with E-state index in [0.29, 0.717) is 22.9 Å². The Bertz CT molecular complexity index is 3040. The minimum Gasteiger partial charge on any atom is -0.294 e. The number of hydrogen-bond donors (Lipinski definition) is 0. The van der Waals surface area contributed by atoms with E-state index >= 15 is 0 Å². The number of benzene rings is 4. The van der Waals surface area contributed by atoms with Crippen molar-refractivity contribution in [1.82, 2.24) is 29.1 Å². The summed E-state index contributed by atoms with van der Waals surface area (Å²) < 4.78 is 4.16. The molecule has 280 valence electrons. The summed E-state index contributed by atoms with van der Waals surface area (Å²) in [6.45, 7) is 3.93. The van der Waals surface area contributed by atoms with Gasteiger partial charge in [-0.05, 0) is 129 Å². The Balaban J connectivity index is 0.000000150. The molecular weight excluding hydrogens is 800 g/mol. The molecule has 0 unspecified atom stereocenters. The summed E-state index contributed by atoms with van der Waals surface area (Å²) in [5.41, 5.74) is 13.6. The molecule has 0 aliphatic heterocycles. The first-order valence-electron chi connectivity index (χ1n) is 18.2. The quantitative estimate of drug-likeness (QED) is 0.165. The molecule has 4 aromatic carbocycles. The Morgan fingerprint density at radius 1 is 0.552 bits per heavy atom. The van der Waals surface area contributed by atoms with Gasteiger partial charge in [-0.25, -0.2) is 9.97 Å². The third-order valence-corrected chi connectivity index (χ3v) is 12.1. The number of halogens is 2. The smallest absolute Gasteiger partial charge is 0.111 e. The van der Waals surface area contributed by atoms with Crippen molar-refractivity contribution in [2.24, 2.45) is 0 Å². The largest absolute Gasteiger partial charge is 0.294 e. The molecule has 6 heterocycles. The molecule has 0 saturated heterocycles. The van der Waals surface area contributed by atoms with Gasteiger partial charge in [-0.1, -0.05) is 47.5 Å². The normalized spacial score (nSPS) is 11.2. The standard InChI is InChI=1S/2C23H15ClN4S/c2*1-14-27-21-12-26-20-4-3-16(17-7-9-29-13-17)11-18(20)23(21)28(14)22-5-2-15(6-8-25)10-19(22)24/h2*2-5,7,9-13H,6H2,1H3. The van der Waals surface area contributed by atoms with Crippen LogP contribution in [0.2, 0.25) is 10.0 Å². The number of pyridine rings is 2. The summed E-state index contributed by atoms with van der Waals surface area (Å²) in [6.07, 6.45) is 4.29. The number of nitrogens with zero attached hydrogens (tertiary/aromatic N) is 8. The lowest BCUT2D eigenvalue weighted by Crippen LogP contribution is -1.99.